The Balaban J connectivity index is 0. The number of pyridine rings is 1. The van der Waals surface area contributed by atoms with Gasteiger partial charge >= 0.3 is 0 Å². The van der Waals surface area contributed by atoms with Crippen molar-refractivity contribution in [3.05, 3.63) is 37.3 Å². The second kappa shape index (κ2) is 10.7. The Hall–Kier alpha value is -0.476. The van der Waals surface area contributed by atoms with Crippen LogP contribution in [0.2, 0.25) is 0 Å². The molecule has 1 aromatic rings. The summed E-state index contributed by atoms with van der Waals surface area (Å²) in [6.07, 6.45) is 4.07. The number of halogens is 1. The van der Waals surface area contributed by atoms with Gasteiger partial charge in [0.1, 0.15) is 5.95 Å². The van der Waals surface area contributed by atoms with Gasteiger partial charge in [-0.2, -0.15) is 6.07 Å². The van der Waals surface area contributed by atoms with Gasteiger partial charge in [-0.25, -0.2) is 10.5 Å². The smallest absolute Gasteiger partial charge is 0.120 e. The maximum Gasteiger partial charge on any atom is 0.120 e. The van der Waals surface area contributed by atoms with E-state index in [1.807, 2.05) is 13.8 Å². The Morgan fingerprint density at radius 3 is 2.53 bits per heavy atom. The summed E-state index contributed by atoms with van der Waals surface area (Å²) in [4.78, 5) is 11.7. The minimum atomic E-state index is -0.607. The van der Waals surface area contributed by atoms with Crippen molar-refractivity contribution < 1.29 is 37.1 Å². The average molecular weight is 310 g/mol. The quantitative estimate of drug-likeness (QED) is 0.580. The van der Waals surface area contributed by atoms with E-state index in [9.17, 15) is 4.39 Å². The van der Waals surface area contributed by atoms with E-state index in [0.29, 0.717) is 11.4 Å². The van der Waals surface area contributed by atoms with Crippen molar-refractivity contribution in [1.29, 1.82) is 0 Å². The number of hydrogen-bond acceptors (Lipinski definition) is 3. The van der Waals surface area contributed by atoms with Crippen molar-refractivity contribution in [3.8, 4) is 0 Å². The first kappa shape index (κ1) is 18.9. The molecule has 0 saturated carbocycles. The van der Waals surface area contributed by atoms with Crippen LogP contribution in [-0.4, -0.2) is 23.6 Å². The second-order valence-corrected chi connectivity index (χ2v) is 2.60. The minimum absolute atomic E-state index is 0. The van der Waals surface area contributed by atoms with E-state index >= 15 is 0 Å². The number of amidine groups is 1. The van der Waals surface area contributed by atoms with Gasteiger partial charge in [0, 0.05) is 51.9 Å². The summed E-state index contributed by atoms with van der Waals surface area (Å²) in [5.41, 5.74) is 0.706. The molecule has 1 aliphatic rings. The van der Waals surface area contributed by atoms with Gasteiger partial charge in [-0.3, -0.25) is 15.0 Å². The van der Waals surface area contributed by atoms with Crippen molar-refractivity contribution in [2.24, 2.45) is 9.98 Å². The van der Waals surface area contributed by atoms with Crippen molar-refractivity contribution in [2.75, 3.05) is 6.54 Å². The fourth-order valence-corrected chi connectivity index (χ4v) is 1.05. The molecule has 91 valence electrons. The molecule has 1 aliphatic heterocycles. The predicted molar refractivity (Wildman–Crippen MR) is 65.3 cm³/mol. The summed E-state index contributed by atoms with van der Waals surface area (Å²) in [6, 6.07) is 3.87. The Morgan fingerprint density at radius 1 is 1.35 bits per heavy atom. The fourth-order valence-electron chi connectivity index (χ4n) is 1.05. The maximum atomic E-state index is 12.4. The summed E-state index contributed by atoms with van der Waals surface area (Å²) >= 11 is 0. The normalized spacial score (nSPS) is 12.3. The van der Waals surface area contributed by atoms with E-state index in [4.69, 9.17) is 0 Å². The number of rotatable bonds is 1. The molecule has 0 aromatic carbocycles. The Kier molecular flexibility index (Phi) is 11.8. The minimum Gasteiger partial charge on any atom is -0.358 e. The Bertz CT molecular complexity index is 361. The second-order valence-electron chi connectivity index (χ2n) is 2.60. The predicted octanol–water partition coefficient (Wildman–Crippen LogP) is 2.72. The molecule has 2 rings (SSSR count). The van der Waals surface area contributed by atoms with E-state index in [1.54, 1.807) is 6.21 Å². The molecule has 2 heterocycles. The molecule has 1 radical (unpaired) electrons. The molecule has 0 N–H and O–H groups in total. The summed E-state index contributed by atoms with van der Waals surface area (Å²) < 4.78 is 12.4. The standard InChI is InChI=1S/C9H7FN3.C2H6.CH3.Y/c10-8-3-2-7(6-13-8)9-11-4-1-5-12-9;1-2;;/h2,4,6H,1,5H2;1-2H3;1H3;/q-1;;-1;. The van der Waals surface area contributed by atoms with Crippen LogP contribution in [0, 0.1) is 19.4 Å². The number of aromatic nitrogens is 1. The first-order chi connectivity index (χ1) is 7.36. The van der Waals surface area contributed by atoms with Crippen molar-refractivity contribution in [1.82, 2.24) is 4.98 Å². The third kappa shape index (κ3) is 6.13. The molecule has 0 amide bonds. The zero-order valence-electron chi connectivity index (χ0n) is 10.4. The Morgan fingerprint density at radius 2 is 2.06 bits per heavy atom. The SMILES string of the molecule is CC.Fc1[c-]cc(C2=NCCC=N2)cn1.[CH3-].[Y]. The zero-order chi connectivity index (χ0) is 11.1. The van der Waals surface area contributed by atoms with E-state index in [0.717, 1.165) is 13.0 Å². The number of nitrogens with zero attached hydrogens (tertiary/aromatic N) is 3. The van der Waals surface area contributed by atoms with Gasteiger partial charge in [-0.1, -0.05) is 13.8 Å². The number of aliphatic imine (C=N–C) groups is 2. The van der Waals surface area contributed by atoms with Crippen LogP contribution in [0.4, 0.5) is 4.39 Å². The molecular formula is C12H16FN3Y-2. The van der Waals surface area contributed by atoms with E-state index in [-0.39, 0.29) is 40.1 Å². The van der Waals surface area contributed by atoms with Crippen molar-refractivity contribution in [2.45, 2.75) is 20.3 Å². The van der Waals surface area contributed by atoms with Gasteiger partial charge in [-0.15, -0.1) is 5.56 Å². The van der Waals surface area contributed by atoms with Gasteiger partial charge in [0.25, 0.3) is 0 Å². The summed E-state index contributed by atoms with van der Waals surface area (Å²) in [5, 5.41) is 0. The van der Waals surface area contributed by atoms with Crippen LogP contribution in [-0.2, 0) is 32.7 Å². The summed E-state index contributed by atoms with van der Waals surface area (Å²) in [7, 11) is 0. The van der Waals surface area contributed by atoms with Crippen LogP contribution < -0.4 is 0 Å². The third-order valence-corrected chi connectivity index (χ3v) is 1.66. The van der Waals surface area contributed by atoms with E-state index in [2.05, 4.69) is 21.0 Å². The molecule has 0 aliphatic carbocycles. The molecule has 0 atom stereocenters. The molecule has 3 nitrogen and oxygen atoms in total. The van der Waals surface area contributed by atoms with Crippen LogP contribution in [0.15, 0.2) is 22.2 Å². The third-order valence-electron chi connectivity index (χ3n) is 1.66. The molecule has 1 aromatic heterocycles. The van der Waals surface area contributed by atoms with Crippen LogP contribution in [0.1, 0.15) is 25.8 Å². The molecule has 0 saturated heterocycles. The zero-order valence-corrected chi connectivity index (χ0v) is 13.3. The van der Waals surface area contributed by atoms with Gasteiger partial charge in [0.2, 0.25) is 0 Å². The molecule has 5 heteroatoms. The monoisotopic (exact) mass is 310 g/mol. The van der Waals surface area contributed by atoms with E-state index < -0.39 is 5.95 Å². The first-order valence-corrected chi connectivity index (χ1v) is 4.97. The molecule has 0 unspecified atom stereocenters. The molecule has 17 heavy (non-hydrogen) atoms. The number of hydrogen-bond donors (Lipinski definition) is 0. The summed E-state index contributed by atoms with van der Waals surface area (Å²) in [5.74, 6) is -0.000797. The van der Waals surface area contributed by atoms with Crippen molar-refractivity contribution in [3.63, 3.8) is 0 Å². The maximum absolute atomic E-state index is 12.4. The Labute approximate surface area is 128 Å². The molecule has 0 fully saturated rings. The topological polar surface area (TPSA) is 37.6 Å². The summed E-state index contributed by atoms with van der Waals surface area (Å²) in [6.45, 7) is 4.73. The van der Waals surface area contributed by atoms with Gasteiger partial charge in [0.05, 0.1) is 5.84 Å². The molecule has 0 bridgehead atoms. The van der Waals surface area contributed by atoms with Gasteiger partial charge < -0.3 is 7.43 Å². The largest absolute Gasteiger partial charge is 0.358 e. The van der Waals surface area contributed by atoms with Gasteiger partial charge in [0.15, 0.2) is 0 Å². The van der Waals surface area contributed by atoms with Crippen LogP contribution in [0.3, 0.4) is 0 Å². The first-order valence-electron chi connectivity index (χ1n) is 4.97. The van der Waals surface area contributed by atoms with Crippen LogP contribution in [0.25, 0.3) is 0 Å². The fraction of sp³-hybridized carbons (Fsp3) is 0.333. The average Bonchev–Trinajstić information content (AvgIpc) is 2.34. The van der Waals surface area contributed by atoms with Crippen LogP contribution in [0.5, 0.6) is 0 Å². The van der Waals surface area contributed by atoms with Crippen molar-refractivity contribution >= 4 is 12.1 Å². The van der Waals surface area contributed by atoms with Gasteiger partial charge in [-0.05, 0) is 6.20 Å². The molecular weight excluding hydrogens is 294 g/mol. The van der Waals surface area contributed by atoms with Crippen LogP contribution >= 0.6 is 0 Å². The van der Waals surface area contributed by atoms with E-state index in [1.165, 1.54) is 12.3 Å². The molecule has 0 spiro atoms.